The fourth-order valence-corrected chi connectivity index (χ4v) is 2.28. The van der Waals surface area contributed by atoms with Gasteiger partial charge in [0.2, 0.25) is 0 Å². The number of para-hydroxylation sites is 1. The number of ether oxygens (including phenoxy) is 1. The van der Waals surface area contributed by atoms with Crippen LogP contribution in [0.1, 0.15) is 31.1 Å². The number of carbonyl (C=O) groups excluding carboxylic acids is 2. The Labute approximate surface area is 153 Å². The summed E-state index contributed by atoms with van der Waals surface area (Å²) in [6.07, 6.45) is -0.748. The summed E-state index contributed by atoms with van der Waals surface area (Å²) in [6, 6.07) is 14.3. The number of aliphatic hydroxyl groups excluding tert-OH is 1. The van der Waals surface area contributed by atoms with E-state index >= 15 is 0 Å². The van der Waals surface area contributed by atoms with Crippen LogP contribution in [0.4, 0.5) is 0 Å². The molecule has 0 aliphatic heterocycles. The molecule has 6 heteroatoms. The van der Waals surface area contributed by atoms with Gasteiger partial charge in [0.05, 0.1) is 12.1 Å². The molecule has 0 saturated heterocycles. The molecule has 2 rings (SSSR count). The predicted octanol–water partition coefficient (Wildman–Crippen LogP) is 2.11. The Kier molecular flexibility index (Phi) is 6.00. The molecule has 0 aromatic heterocycles. The number of nitrogens with two attached hydrogens (primary N) is 1. The minimum atomic E-state index is -0.748. The average molecular weight is 356 g/mol. The van der Waals surface area contributed by atoms with Crippen molar-refractivity contribution in [1.82, 2.24) is 5.32 Å². The first-order valence-electron chi connectivity index (χ1n) is 8.32. The number of benzene rings is 2. The van der Waals surface area contributed by atoms with E-state index in [1.807, 2.05) is 18.2 Å². The SMILES string of the molecule is CC(Oc1ccccc1-c1ccc(C(=O)NC(C)(C)CO)cc1)C(N)=O. The van der Waals surface area contributed by atoms with E-state index in [0.29, 0.717) is 11.3 Å². The second-order valence-electron chi connectivity index (χ2n) is 6.73. The van der Waals surface area contributed by atoms with E-state index in [0.717, 1.165) is 11.1 Å². The second-order valence-corrected chi connectivity index (χ2v) is 6.73. The lowest BCUT2D eigenvalue weighted by atomic mass is 10.0. The van der Waals surface area contributed by atoms with Crippen molar-refractivity contribution in [1.29, 1.82) is 0 Å². The summed E-state index contributed by atoms with van der Waals surface area (Å²) in [4.78, 5) is 23.5. The fourth-order valence-electron chi connectivity index (χ4n) is 2.28. The molecular weight excluding hydrogens is 332 g/mol. The number of amides is 2. The van der Waals surface area contributed by atoms with Crippen LogP contribution in [0.2, 0.25) is 0 Å². The van der Waals surface area contributed by atoms with Crippen molar-refractivity contribution in [2.24, 2.45) is 5.73 Å². The maximum absolute atomic E-state index is 12.3. The van der Waals surface area contributed by atoms with Crippen LogP contribution in [0.3, 0.4) is 0 Å². The van der Waals surface area contributed by atoms with Gasteiger partial charge in [0.1, 0.15) is 5.75 Å². The van der Waals surface area contributed by atoms with Gasteiger partial charge in [-0.1, -0.05) is 30.3 Å². The number of hydrogen-bond donors (Lipinski definition) is 3. The summed E-state index contributed by atoms with van der Waals surface area (Å²) in [5.41, 5.74) is 6.69. The van der Waals surface area contributed by atoms with Crippen molar-refractivity contribution in [3.05, 3.63) is 54.1 Å². The molecule has 2 aromatic rings. The first-order chi connectivity index (χ1) is 12.2. The second kappa shape index (κ2) is 8.01. The highest BCUT2D eigenvalue weighted by molar-refractivity contribution is 5.95. The summed E-state index contributed by atoms with van der Waals surface area (Å²) >= 11 is 0. The molecule has 0 fully saturated rings. The van der Waals surface area contributed by atoms with E-state index in [4.69, 9.17) is 10.5 Å². The molecule has 0 spiro atoms. The highest BCUT2D eigenvalue weighted by Gasteiger charge is 2.20. The third kappa shape index (κ3) is 4.83. The van der Waals surface area contributed by atoms with Crippen molar-refractivity contribution >= 4 is 11.8 Å². The van der Waals surface area contributed by atoms with Crippen LogP contribution in [-0.4, -0.2) is 35.2 Å². The molecule has 0 heterocycles. The van der Waals surface area contributed by atoms with Crippen LogP contribution >= 0.6 is 0 Å². The molecule has 0 saturated carbocycles. The number of hydrogen-bond acceptors (Lipinski definition) is 4. The topological polar surface area (TPSA) is 102 Å². The van der Waals surface area contributed by atoms with Gasteiger partial charge in [0, 0.05) is 11.1 Å². The molecule has 2 aromatic carbocycles. The standard InChI is InChI=1S/C20H24N2O4/c1-13(18(21)24)26-17-7-5-4-6-16(17)14-8-10-15(11-9-14)19(25)22-20(2,3)12-23/h4-11,13,23H,12H2,1-3H3,(H2,21,24)(H,22,25). The van der Waals surface area contributed by atoms with Gasteiger partial charge in [0.25, 0.3) is 11.8 Å². The number of primary amides is 1. The van der Waals surface area contributed by atoms with Crippen molar-refractivity contribution < 1.29 is 19.4 Å². The van der Waals surface area contributed by atoms with E-state index in [-0.39, 0.29) is 12.5 Å². The largest absolute Gasteiger partial charge is 0.480 e. The van der Waals surface area contributed by atoms with E-state index in [1.54, 1.807) is 51.1 Å². The van der Waals surface area contributed by atoms with Crippen LogP contribution in [0.25, 0.3) is 11.1 Å². The molecule has 0 bridgehead atoms. The van der Waals surface area contributed by atoms with E-state index < -0.39 is 17.6 Å². The van der Waals surface area contributed by atoms with Crippen molar-refractivity contribution in [3.63, 3.8) is 0 Å². The molecule has 0 aliphatic carbocycles. The van der Waals surface area contributed by atoms with Gasteiger partial charge in [0.15, 0.2) is 6.10 Å². The first kappa shape index (κ1) is 19.5. The Hall–Kier alpha value is -2.86. The van der Waals surface area contributed by atoms with Crippen LogP contribution in [-0.2, 0) is 4.79 Å². The molecule has 2 amide bonds. The smallest absolute Gasteiger partial charge is 0.258 e. The Bertz CT molecular complexity index is 785. The normalized spacial score (nSPS) is 12.3. The Morgan fingerprint density at radius 1 is 1.15 bits per heavy atom. The maximum atomic E-state index is 12.3. The van der Waals surface area contributed by atoms with Gasteiger partial charge in [-0.3, -0.25) is 9.59 Å². The third-order valence-corrected chi connectivity index (χ3v) is 3.90. The van der Waals surface area contributed by atoms with Crippen LogP contribution < -0.4 is 15.8 Å². The zero-order chi connectivity index (χ0) is 19.3. The third-order valence-electron chi connectivity index (χ3n) is 3.90. The maximum Gasteiger partial charge on any atom is 0.258 e. The summed E-state index contributed by atoms with van der Waals surface area (Å²) in [7, 11) is 0. The fraction of sp³-hybridized carbons (Fsp3) is 0.300. The van der Waals surface area contributed by atoms with Crippen LogP contribution in [0, 0.1) is 0 Å². The zero-order valence-electron chi connectivity index (χ0n) is 15.2. The molecule has 26 heavy (non-hydrogen) atoms. The molecule has 1 unspecified atom stereocenters. The highest BCUT2D eigenvalue weighted by atomic mass is 16.5. The van der Waals surface area contributed by atoms with Gasteiger partial charge < -0.3 is 20.9 Å². The Morgan fingerprint density at radius 2 is 1.77 bits per heavy atom. The molecule has 0 aliphatic rings. The van der Waals surface area contributed by atoms with Crippen molar-refractivity contribution in [2.75, 3.05) is 6.61 Å². The van der Waals surface area contributed by atoms with Gasteiger partial charge in [-0.05, 0) is 44.5 Å². The summed E-state index contributed by atoms with van der Waals surface area (Å²) in [6.45, 7) is 4.93. The predicted molar refractivity (Wildman–Crippen MR) is 99.8 cm³/mol. The number of nitrogens with one attached hydrogen (secondary N) is 1. The average Bonchev–Trinajstić information content (AvgIpc) is 2.62. The van der Waals surface area contributed by atoms with Gasteiger partial charge in [-0.2, -0.15) is 0 Å². The molecular formula is C20H24N2O4. The first-order valence-corrected chi connectivity index (χ1v) is 8.32. The molecule has 138 valence electrons. The van der Waals surface area contributed by atoms with Crippen LogP contribution in [0.15, 0.2) is 48.5 Å². The quantitative estimate of drug-likeness (QED) is 0.707. The molecule has 1 atom stereocenters. The minimum absolute atomic E-state index is 0.153. The van der Waals surface area contributed by atoms with E-state index in [1.165, 1.54) is 0 Å². The lowest BCUT2D eigenvalue weighted by Crippen LogP contribution is -2.46. The summed E-state index contributed by atoms with van der Waals surface area (Å²) in [5.74, 6) is -0.266. The lowest BCUT2D eigenvalue weighted by molar-refractivity contribution is -0.123. The van der Waals surface area contributed by atoms with E-state index in [9.17, 15) is 14.7 Å². The number of rotatable bonds is 7. The Balaban J connectivity index is 2.24. The summed E-state index contributed by atoms with van der Waals surface area (Å²) in [5, 5.41) is 12.0. The van der Waals surface area contributed by atoms with Gasteiger partial charge >= 0.3 is 0 Å². The Morgan fingerprint density at radius 3 is 2.35 bits per heavy atom. The van der Waals surface area contributed by atoms with Gasteiger partial charge in [-0.15, -0.1) is 0 Å². The zero-order valence-corrected chi connectivity index (χ0v) is 15.2. The molecule has 6 nitrogen and oxygen atoms in total. The highest BCUT2D eigenvalue weighted by Crippen LogP contribution is 2.30. The van der Waals surface area contributed by atoms with Crippen molar-refractivity contribution in [2.45, 2.75) is 32.4 Å². The summed E-state index contributed by atoms with van der Waals surface area (Å²) < 4.78 is 5.64. The molecule has 0 radical (unpaired) electrons. The van der Waals surface area contributed by atoms with Gasteiger partial charge in [-0.25, -0.2) is 0 Å². The monoisotopic (exact) mass is 356 g/mol. The number of carbonyl (C=O) groups is 2. The lowest BCUT2D eigenvalue weighted by Gasteiger charge is -2.23. The number of aliphatic hydroxyl groups is 1. The van der Waals surface area contributed by atoms with E-state index in [2.05, 4.69) is 5.32 Å². The minimum Gasteiger partial charge on any atom is -0.480 e. The van der Waals surface area contributed by atoms with Crippen LogP contribution in [0.5, 0.6) is 5.75 Å². The molecule has 4 N–H and O–H groups in total. The van der Waals surface area contributed by atoms with Crippen molar-refractivity contribution in [3.8, 4) is 16.9 Å².